The average Bonchev–Trinajstić information content (AvgIpc) is 2.77. The van der Waals surface area contributed by atoms with E-state index in [0.717, 1.165) is 18.1 Å². The zero-order chi connectivity index (χ0) is 13.8. The third-order valence-corrected chi connectivity index (χ3v) is 3.91. The molecule has 0 amide bonds. The van der Waals surface area contributed by atoms with E-state index in [2.05, 4.69) is 29.1 Å². The fourth-order valence-electron chi connectivity index (χ4n) is 1.55. The Balaban J connectivity index is 2.08. The molecule has 2 rings (SSSR count). The van der Waals surface area contributed by atoms with Gasteiger partial charge in [-0.2, -0.15) is 0 Å². The minimum Gasteiger partial charge on any atom is -0.312 e. The molecule has 0 saturated heterocycles. The molecular weight excluding hydrogens is 301 g/mol. The van der Waals surface area contributed by atoms with Crippen molar-refractivity contribution in [3.8, 4) is 10.7 Å². The Labute approximate surface area is 127 Å². The first-order chi connectivity index (χ1) is 9.06. The summed E-state index contributed by atoms with van der Waals surface area (Å²) in [5.41, 5.74) is 0.686. The van der Waals surface area contributed by atoms with Crippen molar-refractivity contribution in [2.75, 3.05) is 6.54 Å². The number of hydrogen-bond donors (Lipinski definition) is 1. The molecule has 0 aliphatic carbocycles. The lowest BCUT2D eigenvalue weighted by Crippen LogP contribution is -2.18. The van der Waals surface area contributed by atoms with Crippen LogP contribution in [-0.4, -0.2) is 16.5 Å². The quantitative estimate of drug-likeness (QED) is 0.896. The van der Waals surface area contributed by atoms with E-state index >= 15 is 0 Å². The van der Waals surface area contributed by atoms with Crippen molar-refractivity contribution in [1.29, 1.82) is 0 Å². The van der Waals surface area contributed by atoms with Gasteiger partial charge >= 0.3 is 0 Å². The third kappa shape index (κ3) is 4.14. The number of rotatable bonds is 5. The summed E-state index contributed by atoms with van der Waals surface area (Å²) >= 11 is 13.6. The fraction of sp³-hybridized carbons (Fsp3) is 0.385. The third-order valence-electron chi connectivity index (χ3n) is 2.42. The molecule has 1 N–H and O–H groups in total. The summed E-state index contributed by atoms with van der Waals surface area (Å²) in [5.74, 6) is 0.639. The second-order valence-corrected chi connectivity index (χ2v) is 6.60. The van der Waals surface area contributed by atoms with Crippen molar-refractivity contribution in [2.45, 2.75) is 20.4 Å². The first-order valence-electron chi connectivity index (χ1n) is 6.03. The Kier molecular flexibility index (Phi) is 5.16. The Morgan fingerprint density at radius 1 is 1.26 bits per heavy atom. The molecule has 0 atom stereocenters. The Morgan fingerprint density at radius 2 is 2.05 bits per heavy atom. The van der Waals surface area contributed by atoms with Crippen LogP contribution >= 0.6 is 34.5 Å². The minimum atomic E-state index is 0.531. The standard InChI is InChI=1S/C13H15Cl2N3S/c1-8(2)4-16-6-10-7-18-13(19-10)12-11(15)3-9(14)5-17-12/h3,5,7-8,16H,4,6H2,1-2H3. The maximum atomic E-state index is 6.12. The number of pyridine rings is 1. The van der Waals surface area contributed by atoms with Gasteiger partial charge in [-0.05, 0) is 18.5 Å². The van der Waals surface area contributed by atoms with E-state index < -0.39 is 0 Å². The van der Waals surface area contributed by atoms with Crippen LogP contribution < -0.4 is 5.32 Å². The van der Waals surface area contributed by atoms with Gasteiger partial charge in [0.1, 0.15) is 10.7 Å². The molecule has 2 aromatic rings. The SMILES string of the molecule is CC(C)CNCc1cnc(-c2ncc(Cl)cc2Cl)s1. The largest absolute Gasteiger partial charge is 0.312 e. The summed E-state index contributed by atoms with van der Waals surface area (Å²) in [7, 11) is 0. The molecule has 0 radical (unpaired) electrons. The van der Waals surface area contributed by atoms with Crippen molar-refractivity contribution in [3.05, 3.63) is 33.4 Å². The molecule has 0 bridgehead atoms. The number of nitrogens with zero attached hydrogens (tertiary/aromatic N) is 2. The zero-order valence-electron chi connectivity index (χ0n) is 10.8. The smallest absolute Gasteiger partial charge is 0.143 e. The van der Waals surface area contributed by atoms with E-state index in [9.17, 15) is 0 Å². The van der Waals surface area contributed by atoms with Crippen LogP contribution in [0.2, 0.25) is 10.0 Å². The highest BCUT2D eigenvalue weighted by Gasteiger charge is 2.10. The summed E-state index contributed by atoms with van der Waals surface area (Å²) in [6.45, 7) is 6.18. The van der Waals surface area contributed by atoms with E-state index in [1.807, 2.05) is 6.20 Å². The van der Waals surface area contributed by atoms with Gasteiger partial charge in [-0.15, -0.1) is 11.3 Å². The predicted octanol–water partition coefficient (Wildman–Crippen LogP) is 4.26. The number of aromatic nitrogens is 2. The van der Waals surface area contributed by atoms with Crippen molar-refractivity contribution in [3.63, 3.8) is 0 Å². The first-order valence-corrected chi connectivity index (χ1v) is 7.60. The van der Waals surface area contributed by atoms with E-state index in [0.29, 0.717) is 21.7 Å². The lowest BCUT2D eigenvalue weighted by Gasteiger charge is -2.04. The van der Waals surface area contributed by atoms with Gasteiger partial charge in [0.05, 0.1) is 10.0 Å². The van der Waals surface area contributed by atoms with Gasteiger partial charge in [0.25, 0.3) is 0 Å². The van der Waals surface area contributed by atoms with E-state index in [1.54, 1.807) is 23.6 Å². The van der Waals surface area contributed by atoms with Gasteiger partial charge in [0.15, 0.2) is 0 Å². The molecule has 102 valence electrons. The van der Waals surface area contributed by atoms with Gasteiger partial charge in [-0.25, -0.2) is 4.98 Å². The molecule has 3 nitrogen and oxygen atoms in total. The van der Waals surface area contributed by atoms with Crippen LogP contribution in [0.15, 0.2) is 18.5 Å². The molecule has 0 unspecified atom stereocenters. The maximum absolute atomic E-state index is 6.12. The van der Waals surface area contributed by atoms with Crippen molar-refractivity contribution in [1.82, 2.24) is 15.3 Å². The van der Waals surface area contributed by atoms with Gasteiger partial charge in [0.2, 0.25) is 0 Å². The Morgan fingerprint density at radius 3 is 2.74 bits per heavy atom. The van der Waals surface area contributed by atoms with Crippen LogP contribution in [0.5, 0.6) is 0 Å². The van der Waals surface area contributed by atoms with Crippen molar-refractivity contribution in [2.24, 2.45) is 5.92 Å². The van der Waals surface area contributed by atoms with Crippen LogP contribution in [0.3, 0.4) is 0 Å². The number of hydrogen-bond acceptors (Lipinski definition) is 4. The Hall–Kier alpha value is -0.680. The minimum absolute atomic E-state index is 0.531. The summed E-state index contributed by atoms with van der Waals surface area (Å²) in [6.07, 6.45) is 3.45. The van der Waals surface area contributed by atoms with Gasteiger partial charge in [-0.3, -0.25) is 4.98 Å². The molecule has 0 saturated carbocycles. The summed E-state index contributed by atoms with van der Waals surface area (Å²) in [5, 5.41) is 5.27. The van der Waals surface area contributed by atoms with Gasteiger partial charge in [-0.1, -0.05) is 37.0 Å². The fourth-order valence-corrected chi connectivity index (χ4v) is 2.97. The van der Waals surface area contributed by atoms with Crippen LogP contribution in [0.25, 0.3) is 10.7 Å². The molecule has 19 heavy (non-hydrogen) atoms. The zero-order valence-corrected chi connectivity index (χ0v) is 13.1. The van der Waals surface area contributed by atoms with Crippen LogP contribution in [0, 0.1) is 5.92 Å². The second-order valence-electron chi connectivity index (χ2n) is 4.64. The molecule has 0 spiro atoms. The van der Waals surface area contributed by atoms with Crippen LogP contribution in [-0.2, 0) is 6.54 Å². The monoisotopic (exact) mass is 315 g/mol. The molecule has 0 aromatic carbocycles. The van der Waals surface area contributed by atoms with E-state index in [1.165, 1.54) is 4.88 Å². The molecular formula is C13H15Cl2N3S. The lowest BCUT2D eigenvalue weighted by molar-refractivity contribution is 0.554. The molecule has 6 heteroatoms. The molecule has 0 aliphatic heterocycles. The van der Waals surface area contributed by atoms with Gasteiger partial charge in [0, 0.05) is 23.8 Å². The highest BCUT2D eigenvalue weighted by molar-refractivity contribution is 7.15. The molecule has 0 fully saturated rings. The van der Waals surface area contributed by atoms with E-state index in [4.69, 9.17) is 23.2 Å². The van der Waals surface area contributed by atoms with Crippen molar-refractivity contribution < 1.29 is 0 Å². The topological polar surface area (TPSA) is 37.8 Å². The molecule has 0 aliphatic rings. The maximum Gasteiger partial charge on any atom is 0.143 e. The highest BCUT2D eigenvalue weighted by Crippen LogP contribution is 2.30. The Bertz CT molecular complexity index is 555. The summed E-state index contributed by atoms with van der Waals surface area (Å²) in [6, 6.07) is 1.68. The molecule has 2 heterocycles. The van der Waals surface area contributed by atoms with Crippen LogP contribution in [0.4, 0.5) is 0 Å². The normalized spacial score (nSPS) is 11.2. The lowest BCUT2D eigenvalue weighted by atomic mass is 10.2. The molecule has 2 aromatic heterocycles. The van der Waals surface area contributed by atoms with Crippen LogP contribution in [0.1, 0.15) is 18.7 Å². The summed E-state index contributed by atoms with van der Waals surface area (Å²) in [4.78, 5) is 9.77. The first kappa shape index (κ1) is 14.7. The number of nitrogens with one attached hydrogen (secondary N) is 1. The number of halogens is 2. The average molecular weight is 316 g/mol. The second kappa shape index (κ2) is 6.66. The summed E-state index contributed by atoms with van der Waals surface area (Å²) < 4.78 is 0. The van der Waals surface area contributed by atoms with Gasteiger partial charge < -0.3 is 5.32 Å². The number of thiazole rings is 1. The van der Waals surface area contributed by atoms with E-state index in [-0.39, 0.29) is 0 Å². The predicted molar refractivity (Wildman–Crippen MR) is 81.9 cm³/mol. The van der Waals surface area contributed by atoms with Crippen molar-refractivity contribution >= 4 is 34.5 Å². The highest BCUT2D eigenvalue weighted by atomic mass is 35.5.